The second-order valence-corrected chi connectivity index (χ2v) is 18.7. The van der Waals surface area contributed by atoms with Gasteiger partial charge in [0.15, 0.2) is 12.4 Å². The lowest BCUT2D eigenvalue weighted by Crippen LogP contribution is -2.60. The lowest BCUT2D eigenvalue weighted by Gasteiger charge is -2.40. The number of rotatable bonds is 41. The molecule has 0 saturated carbocycles. The predicted molar refractivity (Wildman–Crippen MR) is 247 cm³/mol. The van der Waals surface area contributed by atoms with Gasteiger partial charge < -0.3 is 34.3 Å². The molecule has 1 fully saturated rings. The van der Waals surface area contributed by atoms with E-state index in [0.717, 1.165) is 57.8 Å². The van der Waals surface area contributed by atoms with Crippen LogP contribution in [0.5, 0.6) is 0 Å². The molecule has 0 amide bonds. The Balaban J connectivity index is 2.36. The number of allylic oxidation sites excluding steroid dienone is 6. The molecular formula is C49H88O12S. The molecule has 0 aliphatic carbocycles. The fraction of sp³-hybridized carbons (Fsp3) is 0.837. The molecule has 3 unspecified atom stereocenters. The smallest absolute Gasteiger partial charge is 0.306 e. The van der Waals surface area contributed by atoms with Gasteiger partial charge in [-0.2, -0.15) is 8.42 Å². The first-order valence-electron chi connectivity index (χ1n) is 24.6. The quantitative estimate of drug-likeness (QED) is 0.0197. The molecule has 12 nitrogen and oxygen atoms in total. The Hall–Kier alpha value is -2.13. The average molecular weight is 901 g/mol. The highest BCUT2D eigenvalue weighted by atomic mass is 32.2. The van der Waals surface area contributed by atoms with Gasteiger partial charge in [0, 0.05) is 12.8 Å². The van der Waals surface area contributed by atoms with Gasteiger partial charge in [-0.05, 0) is 32.1 Å². The van der Waals surface area contributed by atoms with Crippen molar-refractivity contribution in [2.45, 2.75) is 243 Å². The molecule has 362 valence electrons. The van der Waals surface area contributed by atoms with Gasteiger partial charge in [-0.25, -0.2) is 0 Å². The Morgan fingerprint density at radius 1 is 0.565 bits per heavy atom. The van der Waals surface area contributed by atoms with E-state index in [1.807, 2.05) is 24.3 Å². The van der Waals surface area contributed by atoms with Crippen LogP contribution in [0.15, 0.2) is 36.5 Å². The van der Waals surface area contributed by atoms with Crippen molar-refractivity contribution in [3.05, 3.63) is 36.5 Å². The molecule has 6 atom stereocenters. The van der Waals surface area contributed by atoms with Crippen LogP contribution in [0.25, 0.3) is 0 Å². The Morgan fingerprint density at radius 2 is 1.02 bits per heavy atom. The van der Waals surface area contributed by atoms with E-state index in [1.54, 1.807) is 0 Å². The third kappa shape index (κ3) is 33.4. The number of carbonyl (C=O) groups is 2. The zero-order valence-electron chi connectivity index (χ0n) is 38.7. The number of carbonyl (C=O) groups excluding carboxylic acids is 2. The summed E-state index contributed by atoms with van der Waals surface area (Å²) in [5.41, 5.74) is 0. The molecule has 1 aliphatic heterocycles. The molecule has 0 aromatic heterocycles. The SMILES string of the molecule is CC/C=C/C=C/C=C/CCCCCCCC(=O)OC(COC(=O)CCCCCCCCCCCCCCCCCCCCCCC)CO[C@H]1O[C@H](CS(=O)(=O)O)[C@@H](O)C(O)C1O. The summed E-state index contributed by atoms with van der Waals surface area (Å²) < 4.78 is 54.1. The monoisotopic (exact) mass is 901 g/mol. The summed E-state index contributed by atoms with van der Waals surface area (Å²) >= 11 is 0. The maximum Gasteiger partial charge on any atom is 0.306 e. The second-order valence-electron chi connectivity index (χ2n) is 17.2. The number of aliphatic hydroxyl groups excluding tert-OH is 3. The lowest BCUT2D eigenvalue weighted by molar-refractivity contribution is -0.297. The minimum atomic E-state index is -4.60. The molecule has 1 saturated heterocycles. The highest BCUT2D eigenvalue weighted by molar-refractivity contribution is 7.85. The molecule has 62 heavy (non-hydrogen) atoms. The lowest BCUT2D eigenvalue weighted by atomic mass is 10.00. The molecule has 0 aromatic rings. The molecule has 0 aromatic carbocycles. The normalized spacial score (nSPS) is 20.1. The van der Waals surface area contributed by atoms with Crippen molar-refractivity contribution in [2.24, 2.45) is 0 Å². The van der Waals surface area contributed by atoms with Crippen molar-refractivity contribution in [3.63, 3.8) is 0 Å². The number of unbranched alkanes of at least 4 members (excludes halogenated alkanes) is 25. The topological polar surface area (TPSA) is 186 Å². The van der Waals surface area contributed by atoms with E-state index in [-0.39, 0.29) is 19.4 Å². The number of hydrogen-bond donors (Lipinski definition) is 4. The van der Waals surface area contributed by atoms with Crippen LogP contribution >= 0.6 is 0 Å². The number of ether oxygens (including phenoxy) is 4. The maximum absolute atomic E-state index is 12.8. The van der Waals surface area contributed by atoms with Crippen molar-refractivity contribution in [2.75, 3.05) is 19.0 Å². The Morgan fingerprint density at radius 3 is 1.50 bits per heavy atom. The molecule has 13 heteroatoms. The molecule has 0 bridgehead atoms. The zero-order valence-corrected chi connectivity index (χ0v) is 39.5. The summed E-state index contributed by atoms with van der Waals surface area (Å²) in [7, 11) is -4.60. The van der Waals surface area contributed by atoms with Gasteiger partial charge in [0.2, 0.25) is 0 Å². The first-order chi connectivity index (χ1) is 30.0. The van der Waals surface area contributed by atoms with Gasteiger partial charge in [0.25, 0.3) is 10.1 Å². The largest absolute Gasteiger partial charge is 0.462 e. The molecule has 1 heterocycles. The van der Waals surface area contributed by atoms with Crippen molar-refractivity contribution in [3.8, 4) is 0 Å². The number of hydrogen-bond acceptors (Lipinski definition) is 11. The van der Waals surface area contributed by atoms with Crippen LogP contribution in [0.3, 0.4) is 0 Å². The van der Waals surface area contributed by atoms with Crippen LogP contribution in [-0.4, -0.2) is 96.0 Å². The molecular weight excluding hydrogens is 813 g/mol. The van der Waals surface area contributed by atoms with E-state index in [0.29, 0.717) is 12.8 Å². The van der Waals surface area contributed by atoms with Gasteiger partial charge in [-0.3, -0.25) is 14.1 Å². The summed E-state index contributed by atoms with van der Waals surface area (Å²) in [6.45, 7) is 3.63. The Labute approximate surface area is 376 Å². The van der Waals surface area contributed by atoms with E-state index in [4.69, 9.17) is 18.9 Å². The highest BCUT2D eigenvalue weighted by Crippen LogP contribution is 2.24. The van der Waals surface area contributed by atoms with Gasteiger partial charge in [-0.15, -0.1) is 0 Å². The summed E-state index contributed by atoms with van der Waals surface area (Å²) in [5.74, 6) is -2.00. The van der Waals surface area contributed by atoms with Gasteiger partial charge in [0.1, 0.15) is 36.8 Å². The molecule has 0 spiro atoms. The van der Waals surface area contributed by atoms with Crippen LogP contribution in [0.2, 0.25) is 0 Å². The fourth-order valence-electron chi connectivity index (χ4n) is 7.50. The van der Waals surface area contributed by atoms with Crippen molar-refractivity contribution < 1.29 is 56.8 Å². The second kappa shape index (κ2) is 39.3. The van der Waals surface area contributed by atoms with Gasteiger partial charge in [-0.1, -0.05) is 198 Å². The van der Waals surface area contributed by atoms with Crippen LogP contribution in [0.4, 0.5) is 0 Å². The van der Waals surface area contributed by atoms with E-state index < -0.39 is 71.2 Å². The summed E-state index contributed by atoms with van der Waals surface area (Å²) in [6, 6.07) is 0. The number of esters is 2. The molecule has 1 rings (SSSR count). The van der Waals surface area contributed by atoms with Crippen LogP contribution < -0.4 is 0 Å². The molecule has 0 radical (unpaired) electrons. The van der Waals surface area contributed by atoms with Gasteiger partial charge in [0.05, 0.1) is 6.61 Å². The van der Waals surface area contributed by atoms with Crippen LogP contribution in [0, 0.1) is 0 Å². The standard InChI is InChI=1S/C49H88O12S/c1-3-5-7-9-11-13-15-17-18-19-20-21-22-23-24-26-27-29-31-33-35-37-44(50)58-39-42(40-59-49-48(54)47(53)46(52)43(61-49)41-62(55,56)57)60-45(51)38-36-34-32-30-28-25-16-14-12-10-8-6-4-2/h6,8,10,12,14,16,42-43,46-49,52-54H,3-5,7,9,11,13,15,17-41H2,1-2H3,(H,55,56,57)/b8-6+,12-10+,16-14+/t42?,43-,46-,47?,48?,49+/m1/s1. The third-order valence-corrected chi connectivity index (χ3v) is 12.0. The predicted octanol–water partition coefficient (Wildman–Crippen LogP) is 10.6. The maximum atomic E-state index is 12.8. The first kappa shape index (κ1) is 57.9. The van der Waals surface area contributed by atoms with Crippen LogP contribution in [0.1, 0.15) is 206 Å². The van der Waals surface area contributed by atoms with Gasteiger partial charge >= 0.3 is 11.9 Å². The van der Waals surface area contributed by atoms with Crippen molar-refractivity contribution >= 4 is 22.1 Å². The highest BCUT2D eigenvalue weighted by Gasteiger charge is 2.46. The van der Waals surface area contributed by atoms with Crippen molar-refractivity contribution in [1.82, 2.24) is 0 Å². The van der Waals surface area contributed by atoms with Crippen molar-refractivity contribution in [1.29, 1.82) is 0 Å². The summed E-state index contributed by atoms with van der Waals surface area (Å²) in [6.07, 6.45) is 36.3. The molecule has 4 N–H and O–H groups in total. The summed E-state index contributed by atoms with van der Waals surface area (Å²) in [4.78, 5) is 25.4. The van der Waals surface area contributed by atoms with Crippen LogP contribution in [-0.2, 0) is 38.7 Å². The Bertz CT molecular complexity index is 1290. The minimum Gasteiger partial charge on any atom is -0.462 e. The average Bonchev–Trinajstić information content (AvgIpc) is 3.24. The zero-order chi connectivity index (χ0) is 45.5. The fourth-order valence-corrected chi connectivity index (χ4v) is 8.19. The van der Waals surface area contributed by atoms with E-state index in [2.05, 4.69) is 26.0 Å². The Kier molecular flexibility index (Phi) is 36.6. The third-order valence-electron chi connectivity index (χ3n) is 11.3. The first-order valence-corrected chi connectivity index (χ1v) is 26.2. The van der Waals surface area contributed by atoms with E-state index >= 15 is 0 Å². The minimum absolute atomic E-state index is 0.143. The van der Waals surface area contributed by atoms with E-state index in [9.17, 15) is 37.9 Å². The number of aliphatic hydroxyl groups is 3. The molecule has 1 aliphatic rings. The van der Waals surface area contributed by atoms with E-state index in [1.165, 1.54) is 109 Å². The summed E-state index contributed by atoms with van der Waals surface area (Å²) in [5, 5.41) is 30.9.